The van der Waals surface area contributed by atoms with Crippen LogP contribution in [0.5, 0.6) is 0 Å². The predicted molar refractivity (Wildman–Crippen MR) is 87.6 cm³/mol. The Balaban J connectivity index is 2.17. The Kier molecular flexibility index (Phi) is 5.56. The van der Waals surface area contributed by atoms with E-state index in [9.17, 15) is 10.1 Å². The molecule has 1 unspecified atom stereocenters. The van der Waals surface area contributed by atoms with Crippen LogP contribution in [-0.2, 0) is 0 Å². The third-order valence-corrected chi connectivity index (χ3v) is 5.39. The fraction of sp³-hybridized carbons (Fsp3) is 0.667. The Labute approximate surface area is 133 Å². The number of pyridine rings is 1. The van der Waals surface area contributed by atoms with Crippen molar-refractivity contribution in [3.05, 3.63) is 26.3 Å². The van der Waals surface area contributed by atoms with Gasteiger partial charge in [0.1, 0.15) is 12.0 Å². The van der Waals surface area contributed by atoms with Crippen LogP contribution in [-0.4, -0.2) is 15.9 Å². The molecule has 1 N–H and O–H groups in total. The van der Waals surface area contributed by atoms with Gasteiger partial charge in [0.05, 0.1) is 9.40 Å². The Hall–Kier alpha value is -1.17. The van der Waals surface area contributed by atoms with Gasteiger partial charge in [-0.2, -0.15) is 0 Å². The summed E-state index contributed by atoms with van der Waals surface area (Å²) in [7, 11) is 0. The van der Waals surface area contributed by atoms with E-state index in [2.05, 4.69) is 33.2 Å². The highest BCUT2D eigenvalue weighted by atomic mass is 79.9. The lowest BCUT2D eigenvalue weighted by molar-refractivity contribution is -0.385. The predicted octanol–water partition coefficient (Wildman–Crippen LogP) is 4.83. The van der Waals surface area contributed by atoms with Crippen molar-refractivity contribution in [1.29, 1.82) is 0 Å². The molecule has 2 rings (SSSR count). The van der Waals surface area contributed by atoms with Crippen LogP contribution in [0.3, 0.4) is 0 Å². The van der Waals surface area contributed by atoms with E-state index in [-0.39, 0.29) is 5.69 Å². The van der Waals surface area contributed by atoms with Gasteiger partial charge in [-0.05, 0) is 48.0 Å². The van der Waals surface area contributed by atoms with Crippen LogP contribution in [0.25, 0.3) is 0 Å². The summed E-state index contributed by atoms with van der Waals surface area (Å²) in [6.07, 6.45) is 8.84. The van der Waals surface area contributed by atoms with Crippen molar-refractivity contribution >= 4 is 27.4 Å². The molecule has 1 aromatic rings. The van der Waals surface area contributed by atoms with E-state index in [0.717, 1.165) is 12.2 Å². The van der Waals surface area contributed by atoms with E-state index in [4.69, 9.17) is 0 Å². The number of hydrogen-bond acceptors (Lipinski definition) is 4. The van der Waals surface area contributed by atoms with Crippen LogP contribution < -0.4 is 5.32 Å². The molecular formula is C15H22BrN3O2. The first kappa shape index (κ1) is 16.2. The van der Waals surface area contributed by atoms with Gasteiger partial charge in [0.25, 0.3) is 5.69 Å². The van der Waals surface area contributed by atoms with E-state index < -0.39 is 4.92 Å². The number of nitro groups is 1. The molecule has 0 spiro atoms. The minimum Gasteiger partial charge on any atom is -0.366 e. The number of nitrogens with zero attached hydrogens (tertiary/aromatic N) is 2. The van der Waals surface area contributed by atoms with Gasteiger partial charge >= 0.3 is 0 Å². The monoisotopic (exact) mass is 355 g/mol. The molecule has 21 heavy (non-hydrogen) atoms. The van der Waals surface area contributed by atoms with E-state index in [0.29, 0.717) is 22.0 Å². The summed E-state index contributed by atoms with van der Waals surface area (Å²) < 4.78 is 0.700. The molecule has 0 bridgehead atoms. The molecule has 0 amide bonds. The van der Waals surface area contributed by atoms with Crippen LogP contribution in [0.4, 0.5) is 11.5 Å². The van der Waals surface area contributed by atoms with E-state index >= 15 is 0 Å². The van der Waals surface area contributed by atoms with Gasteiger partial charge in [-0.1, -0.05) is 26.2 Å². The number of halogens is 1. The molecular weight excluding hydrogens is 334 g/mol. The lowest BCUT2D eigenvalue weighted by Gasteiger charge is -2.31. The normalized spacial score (nSPS) is 17.5. The molecule has 1 saturated carbocycles. The zero-order valence-corrected chi connectivity index (χ0v) is 14.1. The largest absolute Gasteiger partial charge is 0.366 e. The van der Waals surface area contributed by atoms with Gasteiger partial charge < -0.3 is 5.32 Å². The fourth-order valence-electron chi connectivity index (χ4n) is 3.12. The standard InChI is InChI=1S/C15H22BrN3O2/c1-3-12(11-7-5-4-6-8-11)18-15-14(16)10(2)13(9-17-15)19(20)21/h9,11-12H,3-8H2,1-2H3,(H,17,18). The van der Waals surface area contributed by atoms with Crippen molar-refractivity contribution in [3.8, 4) is 0 Å². The van der Waals surface area contributed by atoms with Gasteiger partial charge in [-0.25, -0.2) is 4.98 Å². The first-order chi connectivity index (χ1) is 10.0. The number of aromatic nitrogens is 1. The molecule has 1 fully saturated rings. The minimum atomic E-state index is -0.394. The first-order valence-electron chi connectivity index (χ1n) is 7.60. The lowest BCUT2D eigenvalue weighted by atomic mass is 9.83. The summed E-state index contributed by atoms with van der Waals surface area (Å²) in [4.78, 5) is 14.8. The molecule has 5 nitrogen and oxygen atoms in total. The van der Waals surface area contributed by atoms with Crippen molar-refractivity contribution in [2.24, 2.45) is 5.92 Å². The number of hydrogen-bond donors (Lipinski definition) is 1. The summed E-state index contributed by atoms with van der Waals surface area (Å²) in [5, 5.41) is 14.4. The van der Waals surface area contributed by atoms with Gasteiger partial charge in [-0.3, -0.25) is 10.1 Å². The third kappa shape index (κ3) is 3.73. The summed E-state index contributed by atoms with van der Waals surface area (Å²) in [5.74, 6) is 1.39. The van der Waals surface area contributed by atoms with E-state index in [1.807, 2.05) is 0 Å². The summed E-state index contributed by atoms with van der Waals surface area (Å²) in [6.45, 7) is 3.93. The van der Waals surface area contributed by atoms with Crippen molar-refractivity contribution in [2.75, 3.05) is 5.32 Å². The van der Waals surface area contributed by atoms with Crippen LogP contribution in [0, 0.1) is 23.0 Å². The van der Waals surface area contributed by atoms with E-state index in [1.165, 1.54) is 38.3 Å². The topological polar surface area (TPSA) is 68.1 Å². The van der Waals surface area contributed by atoms with Crippen molar-refractivity contribution in [2.45, 2.75) is 58.4 Å². The molecule has 0 aliphatic heterocycles. The molecule has 1 aliphatic rings. The number of rotatable bonds is 5. The van der Waals surface area contributed by atoms with Crippen LogP contribution >= 0.6 is 15.9 Å². The maximum Gasteiger partial charge on any atom is 0.291 e. The second-order valence-corrected chi connectivity index (χ2v) is 6.54. The quantitative estimate of drug-likeness (QED) is 0.606. The molecule has 6 heteroatoms. The number of nitrogens with one attached hydrogen (secondary N) is 1. The summed E-state index contributed by atoms with van der Waals surface area (Å²) in [5.41, 5.74) is 0.675. The highest BCUT2D eigenvalue weighted by molar-refractivity contribution is 9.10. The molecule has 1 heterocycles. The van der Waals surface area contributed by atoms with Crippen molar-refractivity contribution in [3.63, 3.8) is 0 Å². The zero-order chi connectivity index (χ0) is 15.4. The summed E-state index contributed by atoms with van der Waals surface area (Å²) >= 11 is 3.45. The van der Waals surface area contributed by atoms with Crippen LogP contribution in [0.1, 0.15) is 51.0 Å². The Morgan fingerprint density at radius 1 is 1.48 bits per heavy atom. The Morgan fingerprint density at radius 3 is 2.71 bits per heavy atom. The average Bonchev–Trinajstić information content (AvgIpc) is 2.49. The SMILES string of the molecule is CCC(Nc1ncc([N+](=O)[O-])c(C)c1Br)C1CCCCC1. The second-order valence-electron chi connectivity index (χ2n) is 5.75. The average molecular weight is 356 g/mol. The molecule has 1 aromatic heterocycles. The lowest BCUT2D eigenvalue weighted by Crippen LogP contribution is -2.30. The van der Waals surface area contributed by atoms with Gasteiger partial charge in [0, 0.05) is 11.6 Å². The van der Waals surface area contributed by atoms with Crippen LogP contribution in [0.2, 0.25) is 0 Å². The molecule has 0 aromatic carbocycles. The molecule has 1 atom stereocenters. The Bertz CT molecular complexity index is 516. The van der Waals surface area contributed by atoms with Gasteiger partial charge in [-0.15, -0.1) is 0 Å². The zero-order valence-electron chi connectivity index (χ0n) is 12.6. The van der Waals surface area contributed by atoms with Gasteiger partial charge in [0.15, 0.2) is 0 Å². The second kappa shape index (κ2) is 7.20. The van der Waals surface area contributed by atoms with Gasteiger partial charge in [0.2, 0.25) is 0 Å². The van der Waals surface area contributed by atoms with Crippen LogP contribution in [0.15, 0.2) is 10.7 Å². The Morgan fingerprint density at radius 2 is 2.14 bits per heavy atom. The molecule has 1 aliphatic carbocycles. The van der Waals surface area contributed by atoms with Crippen molar-refractivity contribution < 1.29 is 4.92 Å². The highest BCUT2D eigenvalue weighted by Gasteiger charge is 2.24. The van der Waals surface area contributed by atoms with E-state index in [1.54, 1.807) is 6.92 Å². The maximum atomic E-state index is 10.9. The molecule has 0 saturated heterocycles. The third-order valence-electron chi connectivity index (χ3n) is 4.41. The molecule has 116 valence electrons. The number of anilines is 1. The van der Waals surface area contributed by atoms with Crippen molar-refractivity contribution in [1.82, 2.24) is 4.98 Å². The maximum absolute atomic E-state index is 10.9. The smallest absolute Gasteiger partial charge is 0.291 e. The first-order valence-corrected chi connectivity index (χ1v) is 8.40. The summed E-state index contributed by atoms with van der Waals surface area (Å²) in [6, 6.07) is 0.384. The highest BCUT2D eigenvalue weighted by Crippen LogP contribution is 2.34. The fourth-order valence-corrected chi connectivity index (χ4v) is 3.54. The molecule has 0 radical (unpaired) electrons. The minimum absolute atomic E-state index is 0.0538.